The number of ether oxygens (including phenoxy) is 1. The molecule has 0 radical (unpaired) electrons. The molecule has 1 aliphatic heterocycles. The minimum atomic E-state index is -1.04. The molecule has 2 rings (SSSR count). The monoisotopic (exact) mass is 222 g/mol. The smallest absolute Gasteiger partial charge is 0.325 e. The Bertz CT molecular complexity index is 420. The third-order valence-electron chi connectivity index (χ3n) is 2.70. The summed E-state index contributed by atoms with van der Waals surface area (Å²) in [5, 5.41) is 8.82. The second-order valence-electron chi connectivity index (χ2n) is 3.81. The molecule has 0 unspecified atom stereocenters. The quantitative estimate of drug-likeness (QED) is 0.766. The summed E-state index contributed by atoms with van der Waals surface area (Å²) in [4.78, 5) is 12.8. The lowest BCUT2D eigenvalue weighted by atomic mass is 10.1. The SMILES string of the molecule is CN1CCOc2cc([C@H](N)C(=O)O)ccc21. The van der Waals surface area contributed by atoms with E-state index in [1.165, 1.54) is 0 Å². The van der Waals surface area contributed by atoms with Crippen LogP contribution in [0.5, 0.6) is 5.75 Å². The number of nitrogens with two attached hydrogens (primary N) is 1. The predicted octanol–water partition coefficient (Wildman–Crippen LogP) is 0.600. The Morgan fingerprint density at radius 2 is 2.38 bits per heavy atom. The standard InChI is InChI=1S/C11H14N2O3/c1-13-4-5-16-9-6-7(2-3-8(9)13)10(12)11(14)15/h2-3,6,10H,4-5,12H2,1H3,(H,14,15)/t10-/m0/s1. The number of aliphatic carboxylic acids is 1. The molecule has 0 bridgehead atoms. The largest absolute Gasteiger partial charge is 0.490 e. The molecule has 5 nitrogen and oxygen atoms in total. The fraction of sp³-hybridized carbons (Fsp3) is 0.364. The van der Waals surface area contributed by atoms with E-state index < -0.39 is 12.0 Å². The molecular formula is C11H14N2O3. The first-order valence-electron chi connectivity index (χ1n) is 5.06. The average Bonchev–Trinajstić information content (AvgIpc) is 2.28. The van der Waals surface area contributed by atoms with Crippen molar-refractivity contribution in [3.05, 3.63) is 23.8 Å². The maximum Gasteiger partial charge on any atom is 0.325 e. The molecule has 0 spiro atoms. The summed E-state index contributed by atoms with van der Waals surface area (Å²) >= 11 is 0. The molecule has 1 aliphatic rings. The molecule has 5 heteroatoms. The van der Waals surface area contributed by atoms with Gasteiger partial charge in [0.1, 0.15) is 18.4 Å². The van der Waals surface area contributed by atoms with Gasteiger partial charge in [-0.25, -0.2) is 0 Å². The normalized spacial score (nSPS) is 16.2. The number of nitrogens with zero attached hydrogens (tertiary/aromatic N) is 1. The van der Waals surface area contributed by atoms with E-state index in [1.807, 2.05) is 13.1 Å². The van der Waals surface area contributed by atoms with E-state index in [1.54, 1.807) is 12.1 Å². The Morgan fingerprint density at radius 1 is 1.62 bits per heavy atom. The molecule has 3 N–H and O–H groups in total. The molecule has 16 heavy (non-hydrogen) atoms. The lowest BCUT2D eigenvalue weighted by Crippen LogP contribution is -2.29. The van der Waals surface area contributed by atoms with Crippen LogP contribution in [0.1, 0.15) is 11.6 Å². The molecule has 0 saturated carbocycles. The molecule has 1 atom stereocenters. The Kier molecular flexibility index (Phi) is 2.70. The van der Waals surface area contributed by atoms with Gasteiger partial charge in [-0.1, -0.05) is 6.07 Å². The molecule has 0 aromatic heterocycles. The third-order valence-corrected chi connectivity index (χ3v) is 2.70. The molecule has 1 aromatic carbocycles. The van der Waals surface area contributed by atoms with Crippen LogP contribution in [0, 0.1) is 0 Å². The molecule has 0 fully saturated rings. The summed E-state index contributed by atoms with van der Waals surface area (Å²) in [6, 6.07) is 4.26. The van der Waals surface area contributed by atoms with Crippen molar-refractivity contribution in [3.8, 4) is 5.75 Å². The van der Waals surface area contributed by atoms with Crippen LogP contribution in [0.3, 0.4) is 0 Å². The van der Waals surface area contributed by atoms with Gasteiger partial charge in [-0.05, 0) is 17.7 Å². The van der Waals surface area contributed by atoms with Gasteiger partial charge in [0, 0.05) is 7.05 Å². The fourth-order valence-corrected chi connectivity index (χ4v) is 1.71. The second-order valence-corrected chi connectivity index (χ2v) is 3.81. The highest BCUT2D eigenvalue weighted by atomic mass is 16.5. The zero-order chi connectivity index (χ0) is 11.7. The highest BCUT2D eigenvalue weighted by Gasteiger charge is 2.19. The summed E-state index contributed by atoms with van der Waals surface area (Å²) in [5.74, 6) is -0.341. The number of rotatable bonds is 2. The number of hydrogen-bond acceptors (Lipinski definition) is 4. The first-order chi connectivity index (χ1) is 7.59. The Balaban J connectivity index is 2.35. The van der Waals surface area contributed by atoms with Crippen LogP contribution in [0.2, 0.25) is 0 Å². The first-order valence-corrected chi connectivity index (χ1v) is 5.06. The van der Waals surface area contributed by atoms with Crippen LogP contribution >= 0.6 is 0 Å². The zero-order valence-corrected chi connectivity index (χ0v) is 9.01. The maximum absolute atomic E-state index is 10.8. The maximum atomic E-state index is 10.8. The molecule has 86 valence electrons. The van der Waals surface area contributed by atoms with Crippen molar-refractivity contribution in [2.75, 3.05) is 25.1 Å². The Hall–Kier alpha value is -1.75. The number of carbonyl (C=O) groups is 1. The van der Waals surface area contributed by atoms with Crippen LogP contribution in [0.4, 0.5) is 5.69 Å². The second kappa shape index (κ2) is 4.02. The summed E-state index contributed by atoms with van der Waals surface area (Å²) in [7, 11) is 1.97. The van der Waals surface area contributed by atoms with Gasteiger partial charge in [-0.2, -0.15) is 0 Å². The number of carboxylic acid groups (broad SMARTS) is 1. The van der Waals surface area contributed by atoms with E-state index in [9.17, 15) is 4.79 Å². The summed E-state index contributed by atoms with van der Waals surface area (Å²) in [5.41, 5.74) is 7.06. The van der Waals surface area contributed by atoms with Gasteiger partial charge in [0.25, 0.3) is 0 Å². The van der Waals surface area contributed by atoms with Crippen molar-refractivity contribution in [1.29, 1.82) is 0 Å². The highest BCUT2D eigenvalue weighted by Crippen LogP contribution is 2.32. The van der Waals surface area contributed by atoms with E-state index in [2.05, 4.69) is 4.90 Å². The van der Waals surface area contributed by atoms with Crippen LogP contribution in [0.25, 0.3) is 0 Å². The van der Waals surface area contributed by atoms with Crippen molar-refractivity contribution >= 4 is 11.7 Å². The van der Waals surface area contributed by atoms with Crippen LogP contribution in [-0.2, 0) is 4.79 Å². The Morgan fingerprint density at radius 3 is 3.06 bits per heavy atom. The molecular weight excluding hydrogens is 208 g/mol. The topological polar surface area (TPSA) is 75.8 Å². The van der Waals surface area contributed by atoms with Crippen LogP contribution in [-0.4, -0.2) is 31.3 Å². The van der Waals surface area contributed by atoms with Crippen LogP contribution < -0.4 is 15.4 Å². The zero-order valence-electron chi connectivity index (χ0n) is 9.01. The number of hydrogen-bond donors (Lipinski definition) is 2. The Labute approximate surface area is 93.4 Å². The highest BCUT2D eigenvalue weighted by molar-refractivity contribution is 5.76. The average molecular weight is 222 g/mol. The number of benzene rings is 1. The van der Waals surface area contributed by atoms with Crippen molar-refractivity contribution in [3.63, 3.8) is 0 Å². The van der Waals surface area contributed by atoms with Crippen molar-refractivity contribution in [2.45, 2.75) is 6.04 Å². The van der Waals surface area contributed by atoms with Gasteiger partial charge in [0.05, 0.1) is 12.2 Å². The molecule has 1 aromatic rings. The summed E-state index contributed by atoms with van der Waals surface area (Å²) in [6.07, 6.45) is 0. The van der Waals surface area contributed by atoms with Crippen molar-refractivity contribution < 1.29 is 14.6 Å². The molecule has 0 saturated heterocycles. The third kappa shape index (κ3) is 1.81. The van der Waals surface area contributed by atoms with E-state index >= 15 is 0 Å². The van der Waals surface area contributed by atoms with Crippen molar-refractivity contribution in [2.24, 2.45) is 5.73 Å². The fourth-order valence-electron chi connectivity index (χ4n) is 1.71. The minimum Gasteiger partial charge on any atom is -0.490 e. The lowest BCUT2D eigenvalue weighted by Gasteiger charge is -2.28. The number of carboxylic acids is 1. The van der Waals surface area contributed by atoms with Gasteiger partial charge in [0.2, 0.25) is 0 Å². The van der Waals surface area contributed by atoms with Gasteiger partial charge in [-0.3, -0.25) is 4.79 Å². The summed E-state index contributed by atoms with van der Waals surface area (Å²) < 4.78 is 5.47. The predicted molar refractivity (Wildman–Crippen MR) is 59.8 cm³/mol. The number of fused-ring (bicyclic) bond motifs is 1. The van der Waals surface area contributed by atoms with Gasteiger partial charge in [0.15, 0.2) is 0 Å². The van der Waals surface area contributed by atoms with Crippen molar-refractivity contribution in [1.82, 2.24) is 0 Å². The van der Waals surface area contributed by atoms with E-state index in [-0.39, 0.29) is 0 Å². The van der Waals surface area contributed by atoms with E-state index in [4.69, 9.17) is 15.6 Å². The van der Waals surface area contributed by atoms with Crippen LogP contribution in [0.15, 0.2) is 18.2 Å². The first kappa shape index (κ1) is 10.8. The number of anilines is 1. The molecule has 1 heterocycles. The minimum absolute atomic E-state index is 0.557. The van der Waals surface area contributed by atoms with Gasteiger partial charge < -0.3 is 20.5 Å². The van der Waals surface area contributed by atoms with Gasteiger partial charge in [-0.15, -0.1) is 0 Å². The molecule has 0 aliphatic carbocycles. The summed E-state index contributed by atoms with van der Waals surface area (Å²) in [6.45, 7) is 1.44. The molecule has 0 amide bonds. The number of likely N-dealkylation sites (N-methyl/N-ethyl adjacent to an activating group) is 1. The van der Waals surface area contributed by atoms with E-state index in [0.29, 0.717) is 17.9 Å². The lowest BCUT2D eigenvalue weighted by molar-refractivity contribution is -0.138. The van der Waals surface area contributed by atoms with Gasteiger partial charge >= 0.3 is 5.97 Å². The van der Waals surface area contributed by atoms with E-state index in [0.717, 1.165) is 12.2 Å².